The van der Waals surface area contributed by atoms with E-state index in [-0.39, 0.29) is 0 Å². The van der Waals surface area contributed by atoms with E-state index in [4.69, 9.17) is 9.47 Å². The van der Waals surface area contributed by atoms with Gasteiger partial charge in [0, 0.05) is 6.54 Å². The molecule has 0 saturated carbocycles. The molecule has 2 aromatic carbocycles. The molecule has 2 heterocycles. The molecule has 2 aliphatic heterocycles. The Hall–Kier alpha value is -2.04. The minimum atomic E-state index is 0.608. The quantitative estimate of drug-likeness (QED) is 0.726. The summed E-state index contributed by atoms with van der Waals surface area (Å²) in [6.07, 6.45) is 5.38. The maximum absolute atomic E-state index is 6.07. The number of hydrogen-bond donors (Lipinski definition) is 1. The molecule has 4 nitrogen and oxygen atoms in total. The zero-order valence-corrected chi connectivity index (χ0v) is 18.2. The number of nitrogens with zero attached hydrogens (tertiary/aromatic N) is 1. The fourth-order valence-corrected chi connectivity index (χ4v) is 4.44. The first-order chi connectivity index (χ1) is 14.3. The number of benzene rings is 2. The first kappa shape index (κ1) is 21.7. The topological polar surface area (TPSA) is 33.7 Å². The van der Waals surface area contributed by atoms with Crippen molar-refractivity contribution in [1.29, 1.82) is 0 Å². The van der Waals surface area contributed by atoms with Crippen LogP contribution in [0.3, 0.4) is 0 Å². The van der Waals surface area contributed by atoms with Crippen LogP contribution in [0.4, 0.5) is 0 Å². The van der Waals surface area contributed by atoms with Crippen LogP contribution in [-0.2, 0) is 6.54 Å². The summed E-state index contributed by atoms with van der Waals surface area (Å²) < 4.78 is 11.5. The summed E-state index contributed by atoms with van der Waals surface area (Å²) in [7, 11) is 1.67. The van der Waals surface area contributed by atoms with Gasteiger partial charge in [-0.25, -0.2) is 0 Å². The maximum atomic E-state index is 6.07. The Morgan fingerprint density at radius 1 is 0.897 bits per heavy atom. The van der Waals surface area contributed by atoms with Crippen LogP contribution in [0, 0.1) is 5.41 Å². The summed E-state index contributed by atoms with van der Waals surface area (Å²) in [4.78, 5) is 2.59. The molecule has 0 bridgehead atoms. The molecule has 0 unspecified atom stereocenters. The highest BCUT2D eigenvalue weighted by Crippen LogP contribution is 2.40. The van der Waals surface area contributed by atoms with Gasteiger partial charge in [0.2, 0.25) is 0 Å². The Labute approximate surface area is 176 Å². The van der Waals surface area contributed by atoms with Gasteiger partial charge in [0.15, 0.2) is 11.5 Å². The second kappa shape index (κ2) is 10.7. The zero-order valence-electron chi connectivity index (χ0n) is 18.2. The average molecular weight is 397 g/mol. The highest BCUT2D eigenvalue weighted by molar-refractivity contribution is 5.43. The van der Waals surface area contributed by atoms with Gasteiger partial charge in [-0.05, 0) is 87.1 Å². The molecule has 29 heavy (non-hydrogen) atoms. The molecule has 2 aromatic rings. The van der Waals surface area contributed by atoms with Gasteiger partial charge in [-0.3, -0.25) is 4.90 Å². The van der Waals surface area contributed by atoms with E-state index in [2.05, 4.69) is 28.4 Å². The number of methoxy groups -OCH3 is 1. The van der Waals surface area contributed by atoms with Crippen molar-refractivity contribution >= 4 is 0 Å². The molecule has 1 spiro atoms. The largest absolute Gasteiger partial charge is 0.493 e. The van der Waals surface area contributed by atoms with Crippen LogP contribution in [0.5, 0.6) is 17.2 Å². The van der Waals surface area contributed by atoms with Gasteiger partial charge >= 0.3 is 0 Å². The lowest BCUT2D eigenvalue weighted by Gasteiger charge is -2.44. The first-order valence-corrected chi connectivity index (χ1v) is 11.1. The first-order valence-electron chi connectivity index (χ1n) is 11.1. The normalized spacial score (nSPS) is 18.6. The molecule has 1 N–H and O–H groups in total. The molecule has 0 aromatic heterocycles. The minimum Gasteiger partial charge on any atom is -0.493 e. The summed E-state index contributed by atoms with van der Waals surface area (Å²) in [5, 5.41) is 3.51. The molecule has 0 radical (unpaired) electrons. The van der Waals surface area contributed by atoms with Crippen LogP contribution in [0.1, 0.15) is 45.1 Å². The molecule has 2 saturated heterocycles. The van der Waals surface area contributed by atoms with Crippen LogP contribution < -0.4 is 14.8 Å². The molecule has 0 amide bonds. The molecule has 0 aliphatic carbocycles. The molecular weight excluding hydrogens is 360 g/mol. The van der Waals surface area contributed by atoms with Crippen molar-refractivity contribution in [1.82, 2.24) is 10.2 Å². The Bertz CT molecular complexity index is 746. The maximum Gasteiger partial charge on any atom is 0.169 e. The summed E-state index contributed by atoms with van der Waals surface area (Å²) in [6.45, 7) is 9.80. The van der Waals surface area contributed by atoms with E-state index in [1.54, 1.807) is 7.11 Å². The Morgan fingerprint density at radius 3 is 2.28 bits per heavy atom. The minimum absolute atomic E-state index is 0.608. The van der Waals surface area contributed by atoms with E-state index in [0.29, 0.717) is 5.41 Å². The number of hydrogen-bond acceptors (Lipinski definition) is 4. The average Bonchev–Trinajstić information content (AvgIpc) is 2.78. The third-order valence-electron chi connectivity index (χ3n) is 6.18. The fraction of sp³-hybridized carbons (Fsp3) is 0.520. The lowest BCUT2D eigenvalue weighted by atomic mass is 9.71. The van der Waals surface area contributed by atoms with E-state index in [0.717, 1.165) is 23.8 Å². The van der Waals surface area contributed by atoms with Crippen LogP contribution in [0.2, 0.25) is 0 Å². The van der Waals surface area contributed by atoms with Crippen molar-refractivity contribution in [3.8, 4) is 17.2 Å². The lowest BCUT2D eigenvalue weighted by molar-refractivity contribution is 0.0701. The summed E-state index contributed by atoms with van der Waals surface area (Å²) in [5.74, 6) is 2.37. The predicted octanol–water partition coefficient (Wildman–Crippen LogP) is 5.48. The van der Waals surface area contributed by atoms with Crippen molar-refractivity contribution in [2.24, 2.45) is 5.41 Å². The van der Waals surface area contributed by atoms with Crippen molar-refractivity contribution in [2.75, 3.05) is 33.3 Å². The van der Waals surface area contributed by atoms with E-state index in [1.165, 1.54) is 57.4 Å². The van der Waals surface area contributed by atoms with Crippen LogP contribution in [0.25, 0.3) is 0 Å². The van der Waals surface area contributed by atoms with E-state index >= 15 is 0 Å². The van der Waals surface area contributed by atoms with Gasteiger partial charge in [-0.2, -0.15) is 0 Å². The molecule has 0 atom stereocenters. The van der Waals surface area contributed by atoms with E-state index in [1.807, 2.05) is 44.2 Å². The number of likely N-dealkylation sites (tertiary alicyclic amines) is 1. The summed E-state index contributed by atoms with van der Waals surface area (Å²) in [5.41, 5.74) is 1.92. The fourth-order valence-electron chi connectivity index (χ4n) is 4.44. The monoisotopic (exact) mass is 396 g/mol. The van der Waals surface area contributed by atoms with Gasteiger partial charge in [0.1, 0.15) is 5.75 Å². The molecule has 4 rings (SSSR count). The van der Waals surface area contributed by atoms with Gasteiger partial charge < -0.3 is 14.8 Å². The van der Waals surface area contributed by atoms with Crippen molar-refractivity contribution < 1.29 is 9.47 Å². The van der Waals surface area contributed by atoms with Gasteiger partial charge in [0.05, 0.1) is 7.11 Å². The van der Waals surface area contributed by atoms with Crippen molar-refractivity contribution in [2.45, 2.75) is 46.1 Å². The van der Waals surface area contributed by atoms with E-state index < -0.39 is 0 Å². The van der Waals surface area contributed by atoms with Crippen LogP contribution >= 0.6 is 0 Å². The number of piperidine rings is 2. The zero-order chi connectivity index (χ0) is 20.5. The highest BCUT2D eigenvalue weighted by atomic mass is 16.5. The number of nitrogens with one attached hydrogen (secondary N) is 1. The van der Waals surface area contributed by atoms with E-state index in [9.17, 15) is 0 Å². The summed E-state index contributed by atoms with van der Waals surface area (Å²) >= 11 is 0. The smallest absolute Gasteiger partial charge is 0.169 e. The Balaban J connectivity index is 0.00000117. The number of para-hydroxylation sites is 2. The van der Waals surface area contributed by atoms with Crippen molar-refractivity contribution in [3.05, 3.63) is 54.1 Å². The second-order valence-corrected chi connectivity index (χ2v) is 7.93. The van der Waals surface area contributed by atoms with Crippen molar-refractivity contribution in [3.63, 3.8) is 0 Å². The standard InChI is InChI=1S/C23H30N2O2.C2H6/c1-26-21-7-2-3-8-22(21)27-20-6-4-5-19(17-20)18-25-15-11-23(12-16-25)9-13-24-14-10-23;1-2/h2-8,17,24H,9-16,18H2,1H3;1-2H3. The molecule has 2 aliphatic rings. The highest BCUT2D eigenvalue weighted by Gasteiger charge is 2.35. The van der Waals surface area contributed by atoms with Gasteiger partial charge in [-0.15, -0.1) is 0 Å². The number of rotatable bonds is 5. The van der Waals surface area contributed by atoms with Crippen LogP contribution in [-0.4, -0.2) is 38.2 Å². The molecule has 2 fully saturated rings. The van der Waals surface area contributed by atoms with Gasteiger partial charge in [0.25, 0.3) is 0 Å². The predicted molar refractivity (Wildman–Crippen MR) is 120 cm³/mol. The third kappa shape index (κ3) is 5.74. The Kier molecular flexibility index (Phi) is 7.96. The Morgan fingerprint density at radius 2 is 1.59 bits per heavy atom. The molecule has 4 heteroatoms. The molecular formula is C25H36N2O2. The molecule has 158 valence electrons. The van der Waals surface area contributed by atoms with Crippen LogP contribution in [0.15, 0.2) is 48.5 Å². The lowest BCUT2D eigenvalue weighted by Crippen LogP contribution is -2.45. The number of ether oxygens (including phenoxy) is 2. The SMILES string of the molecule is CC.COc1ccccc1Oc1cccc(CN2CCC3(CCNCC3)CC2)c1. The summed E-state index contributed by atoms with van der Waals surface area (Å²) in [6, 6.07) is 16.2. The second-order valence-electron chi connectivity index (χ2n) is 7.93. The third-order valence-corrected chi connectivity index (χ3v) is 6.18. The van der Waals surface area contributed by atoms with Gasteiger partial charge in [-0.1, -0.05) is 38.1 Å².